The molecule has 2 aromatic heterocycles. The van der Waals surface area contributed by atoms with E-state index >= 15 is 0 Å². The topological polar surface area (TPSA) is 175 Å². The van der Waals surface area contributed by atoms with Crippen LogP contribution in [0.4, 0.5) is 27.2 Å². The molecule has 1 aliphatic heterocycles. The summed E-state index contributed by atoms with van der Waals surface area (Å²) in [6.07, 6.45) is 1.47. The van der Waals surface area contributed by atoms with Crippen molar-refractivity contribution in [3.63, 3.8) is 0 Å². The maximum atomic E-state index is 14.5. The standard InChI is InChI=1S/C51H66F4N8O6/c1-28(2)30(4)62(46(64)42(60-48(66)68-7)37-17-21-50(52,53)22-18-37)32(6)44-56-26-39(58-44)35-13-9-33(10-14-35)34-11-15-36(16-12-34)40-27-57-45(59-40)41-25-29(3)31(5)63(41)47(65)43(61-49(67)69-8)38-19-23-51(54,55)24-20-38/h9-16,26-32,37-38,41-43H,17-25H2,1-8H3,(H,56,58)(H,57,59)(H,60,66)(H,61,67)/t29?,30-,31-,32+,41+,42+,43+/m1/s1. The number of nitrogens with zero attached hydrogens (tertiary/aromatic N) is 4. The molecule has 0 bridgehead atoms. The first-order chi connectivity index (χ1) is 32.7. The number of ether oxygens (including phenoxy) is 2. The van der Waals surface area contributed by atoms with Crippen molar-refractivity contribution in [3.8, 4) is 33.6 Å². The predicted molar refractivity (Wildman–Crippen MR) is 252 cm³/mol. The van der Waals surface area contributed by atoms with Gasteiger partial charge in [-0.3, -0.25) is 9.59 Å². The van der Waals surface area contributed by atoms with Crippen LogP contribution in [0.5, 0.6) is 0 Å². The van der Waals surface area contributed by atoms with Crippen molar-refractivity contribution in [2.24, 2.45) is 23.7 Å². The zero-order chi connectivity index (χ0) is 49.9. The maximum Gasteiger partial charge on any atom is 0.407 e. The van der Waals surface area contributed by atoms with Gasteiger partial charge in [0.15, 0.2) is 0 Å². The molecule has 2 saturated carbocycles. The minimum absolute atomic E-state index is 0.0281. The van der Waals surface area contributed by atoms with Crippen LogP contribution < -0.4 is 10.6 Å². The van der Waals surface area contributed by atoms with Gasteiger partial charge >= 0.3 is 12.2 Å². The van der Waals surface area contributed by atoms with Gasteiger partial charge in [-0.1, -0.05) is 69.3 Å². The van der Waals surface area contributed by atoms with Crippen molar-refractivity contribution in [2.45, 2.75) is 147 Å². The molecule has 14 nitrogen and oxygen atoms in total. The van der Waals surface area contributed by atoms with Gasteiger partial charge in [0, 0.05) is 37.8 Å². The summed E-state index contributed by atoms with van der Waals surface area (Å²) in [6.45, 7) is 11.8. The van der Waals surface area contributed by atoms with E-state index in [0.29, 0.717) is 18.1 Å². The minimum Gasteiger partial charge on any atom is -0.453 e. The van der Waals surface area contributed by atoms with Gasteiger partial charge in [0.1, 0.15) is 23.7 Å². The number of benzene rings is 2. The third-order valence-electron chi connectivity index (χ3n) is 15.1. The van der Waals surface area contributed by atoms with E-state index < -0.39 is 60.0 Å². The molecular formula is C51H66F4N8O6. The first-order valence-corrected chi connectivity index (χ1v) is 24.1. The lowest BCUT2D eigenvalue weighted by Crippen LogP contribution is -2.56. The van der Waals surface area contributed by atoms with Crippen molar-refractivity contribution < 1.29 is 46.2 Å². The summed E-state index contributed by atoms with van der Waals surface area (Å²) in [5.74, 6) is -5.99. The number of aromatic nitrogens is 4. The van der Waals surface area contributed by atoms with E-state index in [-0.39, 0.29) is 87.1 Å². The maximum absolute atomic E-state index is 14.5. The Hall–Kier alpha value is -5.94. The Labute approximate surface area is 401 Å². The fraction of sp³-hybridized carbons (Fsp3) is 0.569. The fourth-order valence-electron chi connectivity index (χ4n) is 10.3. The lowest BCUT2D eigenvalue weighted by atomic mass is 9.81. The molecule has 3 aliphatic rings. The van der Waals surface area contributed by atoms with Crippen molar-refractivity contribution in [1.29, 1.82) is 0 Å². The monoisotopic (exact) mass is 963 g/mol. The number of likely N-dealkylation sites (tertiary alicyclic amines) is 1. The van der Waals surface area contributed by atoms with Gasteiger partial charge in [0.25, 0.3) is 0 Å². The summed E-state index contributed by atoms with van der Waals surface area (Å²) < 4.78 is 66.3. The van der Waals surface area contributed by atoms with E-state index in [9.17, 15) is 36.7 Å². The molecule has 4 amide bonds. The molecule has 4 N–H and O–H groups in total. The smallest absolute Gasteiger partial charge is 0.407 e. The Morgan fingerprint density at radius 1 is 0.696 bits per heavy atom. The lowest BCUT2D eigenvalue weighted by Gasteiger charge is -2.41. The van der Waals surface area contributed by atoms with Gasteiger partial charge < -0.3 is 39.9 Å². The molecule has 0 spiro atoms. The summed E-state index contributed by atoms with van der Waals surface area (Å²) in [5.41, 5.74) is 5.17. The highest BCUT2D eigenvalue weighted by molar-refractivity contribution is 5.87. The summed E-state index contributed by atoms with van der Waals surface area (Å²) in [4.78, 5) is 73.4. The van der Waals surface area contributed by atoms with Gasteiger partial charge in [-0.25, -0.2) is 37.1 Å². The summed E-state index contributed by atoms with van der Waals surface area (Å²) in [7, 11) is 2.41. The highest BCUT2D eigenvalue weighted by Gasteiger charge is 2.48. The zero-order valence-corrected chi connectivity index (χ0v) is 40.7. The first-order valence-electron chi connectivity index (χ1n) is 24.1. The van der Waals surface area contributed by atoms with E-state index in [1.165, 1.54) is 14.2 Å². The number of H-pyrrole nitrogens is 2. The molecular weight excluding hydrogens is 897 g/mol. The Balaban J connectivity index is 1.04. The van der Waals surface area contributed by atoms with Crippen LogP contribution in [0.1, 0.15) is 123 Å². The first kappa shape index (κ1) is 50.9. The number of carbonyl (C=O) groups is 4. The minimum atomic E-state index is -2.80. The van der Waals surface area contributed by atoms with E-state index in [1.807, 2.05) is 83.1 Å². The number of imidazole rings is 2. The van der Waals surface area contributed by atoms with Crippen molar-refractivity contribution in [3.05, 3.63) is 72.6 Å². The van der Waals surface area contributed by atoms with Crippen LogP contribution in [0.15, 0.2) is 60.9 Å². The second-order valence-electron chi connectivity index (χ2n) is 19.8. The van der Waals surface area contributed by atoms with Gasteiger partial charge in [-0.2, -0.15) is 0 Å². The number of methoxy groups -OCH3 is 2. The summed E-state index contributed by atoms with van der Waals surface area (Å²) in [5, 5.41) is 5.34. The highest BCUT2D eigenvalue weighted by Crippen LogP contribution is 2.43. The molecule has 3 heterocycles. The average molecular weight is 963 g/mol. The van der Waals surface area contributed by atoms with E-state index in [4.69, 9.17) is 14.5 Å². The average Bonchev–Trinajstić information content (AvgIpc) is 4.10. The number of amides is 4. The second-order valence-corrected chi connectivity index (χ2v) is 19.8. The number of halogens is 4. The number of nitrogens with one attached hydrogen (secondary N) is 4. The molecule has 3 fully saturated rings. The summed E-state index contributed by atoms with van der Waals surface area (Å²) >= 11 is 0. The zero-order valence-electron chi connectivity index (χ0n) is 40.7. The van der Waals surface area contributed by atoms with Crippen LogP contribution in [-0.2, 0) is 19.1 Å². The molecule has 4 aromatic rings. The van der Waals surface area contributed by atoms with Gasteiger partial charge in [0.2, 0.25) is 23.7 Å². The van der Waals surface area contributed by atoms with Crippen LogP contribution in [0.2, 0.25) is 0 Å². The third-order valence-corrected chi connectivity index (χ3v) is 15.1. The molecule has 7 atom stereocenters. The predicted octanol–water partition coefficient (Wildman–Crippen LogP) is 10.5. The largest absolute Gasteiger partial charge is 0.453 e. The molecule has 7 rings (SSSR count). The van der Waals surface area contributed by atoms with E-state index in [2.05, 4.69) is 32.5 Å². The molecule has 69 heavy (non-hydrogen) atoms. The second kappa shape index (κ2) is 21.0. The molecule has 18 heteroatoms. The Kier molecular flexibility index (Phi) is 15.5. The number of rotatable bonds is 14. The quantitative estimate of drug-likeness (QED) is 0.0904. The number of alkyl halides is 4. The highest BCUT2D eigenvalue weighted by atomic mass is 19.3. The molecule has 1 saturated heterocycles. The Morgan fingerprint density at radius 2 is 1.14 bits per heavy atom. The third kappa shape index (κ3) is 11.4. The Morgan fingerprint density at radius 3 is 1.64 bits per heavy atom. The van der Waals surface area contributed by atoms with Crippen LogP contribution in [0, 0.1) is 23.7 Å². The van der Waals surface area contributed by atoms with Gasteiger partial charge in [-0.15, -0.1) is 0 Å². The molecule has 2 aliphatic carbocycles. The molecule has 1 unspecified atom stereocenters. The number of aromatic amines is 2. The summed E-state index contributed by atoms with van der Waals surface area (Å²) in [6, 6.07) is 12.4. The van der Waals surface area contributed by atoms with Crippen molar-refractivity contribution >= 4 is 24.0 Å². The fourth-order valence-corrected chi connectivity index (χ4v) is 10.3. The lowest BCUT2D eigenvalue weighted by molar-refractivity contribution is -0.142. The number of hydrogen-bond donors (Lipinski definition) is 4. The van der Waals surface area contributed by atoms with Gasteiger partial charge in [0.05, 0.1) is 50.1 Å². The van der Waals surface area contributed by atoms with Crippen molar-refractivity contribution in [1.82, 2.24) is 40.4 Å². The number of alkyl carbamates (subject to hydrolysis) is 2. The normalized spacial score (nSPS) is 22.3. The van der Waals surface area contributed by atoms with Crippen molar-refractivity contribution in [2.75, 3.05) is 14.2 Å². The van der Waals surface area contributed by atoms with Gasteiger partial charge in [-0.05, 0) is 98.8 Å². The van der Waals surface area contributed by atoms with E-state index in [0.717, 1.165) is 33.6 Å². The number of carbonyl (C=O) groups excluding carboxylic acids is 4. The molecule has 0 radical (unpaired) electrons. The SMILES string of the molecule is COC(=O)N[C@H](C(=O)N([C@H](C)C(C)C)[C@@H](C)c1ncc(-c2ccc(-c3ccc(-c4cnc([C@@H]5CC(C)[C@@H](C)N5C(=O)[C@@H](NC(=O)OC)C5CCC(F)(F)CC5)[nH]4)cc3)cc2)[nH]1)C1CCC(F)(F)CC1. The van der Waals surface area contributed by atoms with Crippen LogP contribution in [0.25, 0.3) is 33.6 Å². The molecule has 2 aromatic carbocycles. The van der Waals surface area contributed by atoms with Crippen LogP contribution >= 0.6 is 0 Å². The number of hydrogen-bond acceptors (Lipinski definition) is 8. The van der Waals surface area contributed by atoms with Crippen LogP contribution in [0.3, 0.4) is 0 Å². The Bertz CT molecular complexity index is 2410. The van der Waals surface area contributed by atoms with Crippen LogP contribution in [-0.4, -0.2) is 104 Å². The van der Waals surface area contributed by atoms with E-state index in [1.54, 1.807) is 22.2 Å². The molecule has 374 valence electrons.